The second-order valence-electron chi connectivity index (χ2n) is 21.2. The Morgan fingerprint density at radius 3 is 1.44 bits per heavy atom. The lowest BCUT2D eigenvalue weighted by atomic mass is 9.93. The maximum atomic E-state index is 5.99. The first-order valence-electron chi connectivity index (χ1n) is 26.8. The molecule has 0 saturated heterocycles. The summed E-state index contributed by atoms with van der Waals surface area (Å²) in [6, 6.07) is 89.2. The van der Waals surface area contributed by atoms with Crippen LogP contribution in [0.3, 0.4) is 0 Å². The van der Waals surface area contributed by atoms with Crippen molar-refractivity contribution >= 4 is 142 Å². The van der Waals surface area contributed by atoms with Crippen molar-refractivity contribution < 1.29 is 0 Å². The van der Waals surface area contributed by atoms with E-state index < -0.39 is 0 Å². The van der Waals surface area contributed by atoms with Crippen LogP contribution in [0, 0.1) is 0 Å². The summed E-state index contributed by atoms with van der Waals surface area (Å²) >= 11 is 0. The second-order valence-corrected chi connectivity index (χ2v) is 21.2. The molecule has 19 aromatic rings. The minimum Gasteiger partial charge on any atom is -0.309 e. The summed E-state index contributed by atoms with van der Waals surface area (Å²) in [6.45, 7) is 0. The van der Waals surface area contributed by atoms with Crippen LogP contribution in [0.2, 0.25) is 0 Å². The number of benzene rings is 12. The van der Waals surface area contributed by atoms with Gasteiger partial charge in [-0.05, 0) is 105 Å². The average molecular weight is 989 g/mol. The van der Waals surface area contributed by atoms with E-state index in [2.05, 4.69) is 261 Å². The van der Waals surface area contributed by atoms with Gasteiger partial charge in [-0.2, -0.15) is 0 Å². The standard InChI is InChI=1S/C72H40N6/c1-3-19-45(20-4-1)75-59-31-13-11-25-50(59)55-37-43(33-35-61(55)75)49-27-15-28-52-58-39-42-18-8-10-24-48(42)64-66-72(77(67(49)52)70(58)64)73-65-54-30-16-29-53-57-38-41-17-7-9-23-47(41)63(69(57)78(68(53)54)71(65)74-66)44-34-36-62-56(40-44)51-26-12-14-32-60(51)76(62)46-21-5-2-6-22-46/h1-40H. The molecule has 0 bridgehead atoms. The third-order valence-electron chi connectivity index (χ3n) is 17.3. The largest absolute Gasteiger partial charge is 0.309 e. The number of hydrogen-bond acceptors (Lipinski definition) is 2. The molecule has 0 saturated carbocycles. The molecule has 0 aliphatic rings. The van der Waals surface area contributed by atoms with Gasteiger partial charge in [-0.25, -0.2) is 9.97 Å². The SMILES string of the molecule is c1ccc(-n2c3ccccc3c3cc(-c4c5ccccc5cc5c6cccc7c8nc9c(nc8n(c45)c67)c4c5ccccc5cc5c6cccc(-c7ccc8c(c7)c7ccccc7n8-c7ccccc7)c6n9c54)ccc32)cc1. The molecule has 12 aromatic carbocycles. The van der Waals surface area contributed by atoms with Crippen LogP contribution in [0.4, 0.5) is 0 Å². The van der Waals surface area contributed by atoms with Crippen molar-refractivity contribution in [1.82, 2.24) is 27.9 Å². The molecule has 0 unspecified atom stereocenters. The first kappa shape index (κ1) is 40.8. The van der Waals surface area contributed by atoms with Crippen molar-refractivity contribution in [1.29, 1.82) is 0 Å². The van der Waals surface area contributed by atoms with Gasteiger partial charge in [0, 0.05) is 76.4 Å². The van der Waals surface area contributed by atoms with Crippen LogP contribution in [0.1, 0.15) is 0 Å². The van der Waals surface area contributed by atoms with Crippen LogP contribution in [0.5, 0.6) is 0 Å². The third-order valence-corrected chi connectivity index (χ3v) is 17.3. The highest BCUT2D eigenvalue weighted by molar-refractivity contribution is 6.33. The Bertz CT molecular complexity index is 5800. The van der Waals surface area contributed by atoms with Gasteiger partial charge in [-0.1, -0.05) is 170 Å². The Kier molecular flexibility index (Phi) is 7.65. The summed E-state index contributed by atoms with van der Waals surface area (Å²) in [4.78, 5) is 11.9. The highest BCUT2D eigenvalue weighted by atomic mass is 15.1. The Balaban J connectivity index is 0.930. The van der Waals surface area contributed by atoms with Gasteiger partial charge in [-0.15, -0.1) is 0 Å². The van der Waals surface area contributed by atoms with Crippen molar-refractivity contribution in [3.8, 4) is 33.6 Å². The molecule has 0 amide bonds. The fourth-order valence-corrected chi connectivity index (χ4v) is 14.2. The molecule has 6 nitrogen and oxygen atoms in total. The molecule has 19 rings (SSSR count). The highest BCUT2D eigenvalue weighted by Gasteiger charge is 2.29. The van der Waals surface area contributed by atoms with Crippen LogP contribution in [-0.2, 0) is 0 Å². The van der Waals surface area contributed by atoms with E-state index in [1.165, 1.54) is 92.3 Å². The molecule has 7 aromatic heterocycles. The minimum atomic E-state index is 0.866. The first-order valence-corrected chi connectivity index (χ1v) is 26.8. The van der Waals surface area contributed by atoms with Crippen molar-refractivity contribution in [2.24, 2.45) is 0 Å². The third kappa shape index (κ3) is 5.07. The van der Waals surface area contributed by atoms with Gasteiger partial charge in [0.05, 0.1) is 44.1 Å². The van der Waals surface area contributed by atoms with E-state index in [9.17, 15) is 0 Å². The smallest absolute Gasteiger partial charge is 0.165 e. The zero-order chi connectivity index (χ0) is 50.5. The Morgan fingerprint density at radius 1 is 0.269 bits per heavy atom. The summed E-state index contributed by atoms with van der Waals surface area (Å²) < 4.78 is 9.70. The fourth-order valence-electron chi connectivity index (χ4n) is 14.2. The minimum absolute atomic E-state index is 0.866. The molecule has 0 radical (unpaired) electrons. The van der Waals surface area contributed by atoms with Crippen LogP contribution in [0.25, 0.3) is 175 Å². The molecular weight excluding hydrogens is 949 g/mol. The summed E-state index contributed by atoms with van der Waals surface area (Å²) in [5.41, 5.74) is 19.8. The number of fused-ring (bicyclic) bond motifs is 21. The summed E-state index contributed by atoms with van der Waals surface area (Å²) in [5, 5.41) is 16.7. The molecule has 0 spiro atoms. The van der Waals surface area contributed by atoms with E-state index in [1.54, 1.807) is 0 Å². The Hall–Kier alpha value is -10.6. The molecule has 358 valence electrons. The second kappa shape index (κ2) is 14.6. The lowest BCUT2D eigenvalue weighted by Gasteiger charge is -2.12. The van der Waals surface area contributed by atoms with Gasteiger partial charge < -0.3 is 9.13 Å². The molecule has 0 N–H and O–H groups in total. The summed E-state index contributed by atoms with van der Waals surface area (Å²) in [5.74, 6) is 0. The molecule has 6 heteroatoms. The van der Waals surface area contributed by atoms with Gasteiger partial charge >= 0.3 is 0 Å². The average Bonchev–Trinajstić information content (AvgIpc) is 4.50. The molecule has 0 aliphatic carbocycles. The zero-order valence-electron chi connectivity index (χ0n) is 41.8. The summed E-state index contributed by atoms with van der Waals surface area (Å²) in [6.07, 6.45) is 0. The Morgan fingerprint density at radius 2 is 0.744 bits per heavy atom. The number of hydrogen-bond donors (Lipinski definition) is 0. The topological polar surface area (TPSA) is 44.5 Å². The van der Waals surface area contributed by atoms with Crippen molar-refractivity contribution in [3.63, 3.8) is 0 Å². The number of nitrogens with zero attached hydrogens (tertiary/aromatic N) is 6. The lowest BCUT2D eigenvalue weighted by molar-refractivity contribution is 1.18. The number of para-hydroxylation sites is 6. The van der Waals surface area contributed by atoms with Gasteiger partial charge in [0.25, 0.3) is 0 Å². The van der Waals surface area contributed by atoms with Crippen molar-refractivity contribution in [3.05, 3.63) is 243 Å². The monoisotopic (exact) mass is 988 g/mol. The summed E-state index contributed by atoms with van der Waals surface area (Å²) in [7, 11) is 0. The molecule has 0 aliphatic heterocycles. The van der Waals surface area contributed by atoms with Gasteiger partial charge in [0.2, 0.25) is 0 Å². The maximum Gasteiger partial charge on any atom is 0.165 e. The first-order chi connectivity index (χ1) is 38.7. The maximum absolute atomic E-state index is 5.99. The van der Waals surface area contributed by atoms with Gasteiger partial charge in [0.1, 0.15) is 11.0 Å². The number of aromatic nitrogens is 6. The Labute approximate surface area is 443 Å². The van der Waals surface area contributed by atoms with E-state index >= 15 is 0 Å². The normalized spacial score (nSPS) is 12.6. The zero-order valence-corrected chi connectivity index (χ0v) is 41.8. The highest BCUT2D eigenvalue weighted by Crippen LogP contribution is 2.49. The van der Waals surface area contributed by atoms with Gasteiger partial charge in [0.15, 0.2) is 11.3 Å². The van der Waals surface area contributed by atoms with Crippen LogP contribution >= 0.6 is 0 Å². The molecule has 0 fully saturated rings. The molecule has 78 heavy (non-hydrogen) atoms. The van der Waals surface area contributed by atoms with Crippen molar-refractivity contribution in [2.75, 3.05) is 0 Å². The molecular formula is C72H40N6. The van der Waals surface area contributed by atoms with Crippen LogP contribution in [0.15, 0.2) is 243 Å². The molecule has 7 heterocycles. The van der Waals surface area contributed by atoms with E-state index in [1.807, 2.05) is 0 Å². The van der Waals surface area contributed by atoms with E-state index in [-0.39, 0.29) is 0 Å². The van der Waals surface area contributed by atoms with E-state index in [0.717, 1.165) is 83.2 Å². The fraction of sp³-hybridized carbons (Fsp3) is 0. The van der Waals surface area contributed by atoms with Crippen LogP contribution < -0.4 is 0 Å². The van der Waals surface area contributed by atoms with Crippen molar-refractivity contribution in [2.45, 2.75) is 0 Å². The number of rotatable bonds is 4. The predicted octanol–water partition coefficient (Wildman–Crippen LogP) is 18.6. The van der Waals surface area contributed by atoms with Gasteiger partial charge in [-0.3, -0.25) is 8.80 Å². The lowest BCUT2D eigenvalue weighted by Crippen LogP contribution is -1.94. The van der Waals surface area contributed by atoms with Crippen LogP contribution in [-0.4, -0.2) is 27.9 Å². The van der Waals surface area contributed by atoms with E-state index in [0.29, 0.717) is 0 Å². The van der Waals surface area contributed by atoms with E-state index in [4.69, 9.17) is 9.97 Å². The quantitative estimate of drug-likeness (QED) is 0.176. The molecule has 0 atom stereocenters. The predicted molar refractivity (Wildman–Crippen MR) is 326 cm³/mol.